The lowest BCUT2D eigenvalue weighted by Crippen LogP contribution is -2.53. The molecule has 0 aliphatic heterocycles. The van der Waals surface area contributed by atoms with Gasteiger partial charge in [-0.05, 0) is 38.7 Å². The van der Waals surface area contributed by atoms with Crippen molar-refractivity contribution in [2.24, 2.45) is 11.7 Å². The highest BCUT2D eigenvalue weighted by molar-refractivity contribution is 7.99. The lowest BCUT2D eigenvalue weighted by Gasteiger charge is -2.26. The van der Waals surface area contributed by atoms with E-state index in [-0.39, 0.29) is 11.9 Å². The van der Waals surface area contributed by atoms with Crippen LogP contribution in [0.2, 0.25) is 0 Å². The molecule has 0 radical (unpaired) electrons. The highest BCUT2D eigenvalue weighted by atomic mass is 32.2. The van der Waals surface area contributed by atoms with Crippen molar-refractivity contribution in [2.45, 2.75) is 37.1 Å². The molecule has 5 heteroatoms. The van der Waals surface area contributed by atoms with E-state index in [4.69, 9.17) is 14.9 Å². The van der Waals surface area contributed by atoms with Crippen molar-refractivity contribution in [2.75, 3.05) is 12.4 Å². The van der Waals surface area contributed by atoms with Crippen LogP contribution in [0.3, 0.4) is 0 Å². The third kappa shape index (κ3) is 2.72. The molecule has 0 aromatic carbocycles. The molecule has 0 saturated heterocycles. The topological polar surface area (TPSA) is 65.5 Å². The zero-order chi connectivity index (χ0) is 13.2. The van der Waals surface area contributed by atoms with Gasteiger partial charge in [-0.25, -0.2) is 0 Å². The van der Waals surface area contributed by atoms with Gasteiger partial charge in [0.05, 0.1) is 12.9 Å². The van der Waals surface area contributed by atoms with Crippen LogP contribution in [-0.2, 0) is 9.53 Å². The molecule has 1 heterocycles. The Bertz CT molecular complexity index is 428. The van der Waals surface area contributed by atoms with Gasteiger partial charge in [0.15, 0.2) is 0 Å². The monoisotopic (exact) mass is 269 g/mol. The average Bonchev–Trinajstić information content (AvgIpc) is 3.11. The van der Waals surface area contributed by atoms with E-state index in [2.05, 4.69) is 0 Å². The van der Waals surface area contributed by atoms with E-state index in [1.54, 1.807) is 24.9 Å². The second-order valence-corrected chi connectivity index (χ2v) is 5.68. The molecule has 1 aliphatic carbocycles. The SMILES string of the molecule is CCOC(=O)C(N)(CSc1ccoc1C)C1CC1. The minimum Gasteiger partial charge on any atom is -0.468 e. The molecule has 1 unspecified atom stereocenters. The molecule has 0 bridgehead atoms. The van der Waals surface area contributed by atoms with Crippen molar-refractivity contribution < 1.29 is 13.9 Å². The predicted molar refractivity (Wildman–Crippen MR) is 70.4 cm³/mol. The summed E-state index contributed by atoms with van der Waals surface area (Å²) in [5.74, 6) is 1.39. The fraction of sp³-hybridized carbons (Fsp3) is 0.615. The number of esters is 1. The molecule has 18 heavy (non-hydrogen) atoms. The van der Waals surface area contributed by atoms with Gasteiger partial charge in [-0.15, -0.1) is 11.8 Å². The van der Waals surface area contributed by atoms with Crippen LogP contribution in [-0.4, -0.2) is 23.9 Å². The number of aryl methyl sites for hydroxylation is 1. The van der Waals surface area contributed by atoms with Gasteiger partial charge in [0, 0.05) is 10.6 Å². The maximum atomic E-state index is 12.0. The Hall–Kier alpha value is -0.940. The van der Waals surface area contributed by atoms with Crippen LogP contribution in [0.15, 0.2) is 21.6 Å². The number of carbonyl (C=O) groups excluding carboxylic acids is 1. The van der Waals surface area contributed by atoms with Gasteiger partial charge in [0.2, 0.25) is 0 Å². The summed E-state index contributed by atoms with van der Waals surface area (Å²) in [7, 11) is 0. The minimum absolute atomic E-state index is 0.260. The van der Waals surface area contributed by atoms with Crippen LogP contribution in [0.4, 0.5) is 0 Å². The number of carbonyl (C=O) groups is 1. The first-order chi connectivity index (χ1) is 8.58. The van der Waals surface area contributed by atoms with Crippen molar-refractivity contribution in [3.8, 4) is 0 Å². The molecule has 2 N–H and O–H groups in total. The lowest BCUT2D eigenvalue weighted by molar-refractivity contribution is -0.149. The second kappa shape index (κ2) is 5.36. The first-order valence-electron chi connectivity index (χ1n) is 6.21. The van der Waals surface area contributed by atoms with Gasteiger partial charge >= 0.3 is 5.97 Å². The summed E-state index contributed by atoms with van der Waals surface area (Å²) in [6.07, 6.45) is 3.68. The van der Waals surface area contributed by atoms with E-state index < -0.39 is 5.54 Å². The quantitative estimate of drug-likeness (QED) is 0.634. The number of ether oxygens (including phenoxy) is 1. The van der Waals surface area contributed by atoms with E-state index in [1.165, 1.54) is 0 Å². The van der Waals surface area contributed by atoms with E-state index in [0.717, 1.165) is 23.5 Å². The van der Waals surface area contributed by atoms with Crippen molar-refractivity contribution in [1.82, 2.24) is 0 Å². The third-order valence-electron chi connectivity index (χ3n) is 3.24. The Labute approximate surface area is 111 Å². The smallest absolute Gasteiger partial charge is 0.327 e. The fourth-order valence-corrected chi connectivity index (χ4v) is 3.08. The molecule has 100 valence electrons. The van der Waals surface area contributed by atoms with Crippen molar-refractivity contribution in [3.05, 3.63) is 18.1 Å². The second-order valence-electron chi connectivity index (χ2n) is 4.66. The van der Waals surface area contributed by atoms with Crippen LogP contribution in [0.5, 0.6) is 0 Å². The summed E-state index contributed by atoms with van der Waals surface area (Å²) >= 11 is 1.56. The van der Waals surface area contributed by atoms with E-state index in [0.29, 0.717) is 12.4 Å². The normalized spacial score (nSPS) is 18.4. The van der Waals surface area contributed by atoms with Gasteiger partial charge in [-0.1, -0.05) is 0 Å². The average molecular weight is 269 g/mol. The van der Waals surface area contributed by atoms with Crippen molar-refractivity contribution in [3.63, 3.8) is 0 Å². The largest absolute Gasteiger partial charge is 0.468 e. The summed E-state index contributed by atoms with van der Waals surface area (Å²) in [4.78, 5) is 13.0. The van der Waals surface area contributed by atoms with E-state index in [1.807, 2.05) is 13.0 Å². The first kappa shape index (κ1) is 13.5. The van der Waals surface area contributed by atoms with Gasteiger partial charge < -0.3 is 14.9 Å². The van der Waals surface area contributed by atoms with Gasteiger partial charge in [0.1, 0.15) is 11.3 Å². The van der Waals surface area contributed by atoms with Crippen LogP contribution < -0.4 is 5.73 Å². The fourth-order valence-electron chi connectivity index (χ4n) is 1.93. The molecular weight excluding hydrogens is 250 g/mol. The number of hydrogen-bond donors (Lipinski definition) is 1. The number of hydrogen-bond acceptors (Lipinski definition) is 5. The summed E-state index contributed by atoms with van der Waals surface area (Å²) in [5.41, 5.74) is 5.42. The zero-order valence-electron chi connectivity index (χ0n) is 10.8. The predicted octanol–water partition coefficient (Wildman–Crippen LogP) is 2.35. The molecule has 2 rings (SSSR count). The summed E-state index contributed by atoms with van der Waals surface area (Å²) in [5, 5.41) is 0. The van der Waals surface area contributed by atoms with Gasteiger partial charge in [0.25, 0.3) is 0 Å². The summed E-state index contributed by atoms with van der Waals surface area (Å²) in [6.45, 7) is 4.08. The molecule has 1 aromatic heterocycles. The van der Waals surface area contributed by atoms with Crippen molar-refractivity contribution >= 4 is 17.7 Å². The number of nitrogens with two attached hydrogens (primary N) is 1. The molecule has 1 fully saturated rings. The molecule has 4 nitrogen and oxygen atoms in total. The van der Waals surface area contributed by atoms with Crippen LogP contribution in [0, 0.1) is 12.8 Å². The Morgan fingerprint density at radius 3 is 2.89 bits per heavy atom. The molecular formula is C13H19NO3S. The molecule has 1 saturated carbocycles. The van der Waals surface area contributed by atoms with Crippen LogP contribution >= 0.6 is 11.8 Å². The standard InChI is InChI=1S/C13H19NO3S/c1-3-16-12(15)13(14,10-4-5-10)8-18-11-6-7-17-9(11)2/h6-7,10H,3-5,8,14H2,1-2H3. The summed E-state index contributed by atoms with van der Waals surface area (Å²) < 4.78 is 10.3. The minimum atomic E-state index is -0.857. The van der Waals surface area contributed by atoms with Crippen LogP contribution in [0.25, 0.3) is 0 Å². The number of rotatable bonds is 6. The molecule has 1 aromatic rings. The third-order valence-corrected chi connectivity index (χ3v) is 4.60. The Balaban J connectivity index is 2.02. The maximum Gasteiger partial charge on any atom is 0.327 e. The molecule has 1 aliphatic rings. The van der Waals surface area contributed by atoms with Gasteiger partial charge in [-0.2, -0.15) is 0 Å². The Morgan fingerprint density at radius 2 is 2.39 bits per heavy atom. The lowest BCUT2D eigenvalue weighted by atomic mass is 9.97. The Kier molecular flexibility index (Phi) is 4.02. The highest BCUT2D eigenvalue weighted by Gasteiger charge is 2.49. The van der Waals surface area contributed by atoms with E-state index in [9.17, 15) is 4.79 Å². The molecule has 0 amide bonds. The van der Waals surface area contributed by atoms with Gasteiger partial charge in [-0.3, -0.25) is 4.79 Å². The maximum absolute atomic E-state index is 12.0. The highest BCUT2D eigenvalue weighted by Crippen LogP contribution is 2.42. The van der Waals surface area contributed by atoms with E-state index >= 15 is 0 Å². The first-order valence-corrected chi connectivity index (χ1v) is 7.19. The molecule has 0 spiro atoms. The zero-order valence-corrected chi connectivity index (χ0v) is 11.6. The number of furan rings is 1. The number of thioether (sulfide) groups is 1. The summed E-state index contributed by atoms with van der Waals surface area (Å²) in [6, 6.07) is 1.90. The molecule has 1 atom stereocenters. The van der Waals surface area contributed by atoms with Crippen molar-refractivity contribution in [1.29, 1.82) is 0 Å². The Morgan fingerprint density at radius 1 is 1.67 bits per heavy atom. The van der Waals surface area contributed by atoms with Crippen LogP contribution in [0.1, 0.15) is 25.5 Å².